The van der Waals surface area contributed by atoms with Crippen LogP contribution in [0.5, 0.6) is 0 Å². The number of nitrogens with one attached hydrogen (secondary N) is 1. The third kappa shape index (κ3) is 2.59. The smallest absolute Gasteiger partial charge is 0.0613 e. The Morgan fingerprint density at radius 1 is 1.28 bits per heavy atom. The second kappa shape index (κ2) is 5.89. The highest BCUT2D eigenvalue weighted by atomic mass is 16.3. The van der Waals surface area contributed by atoms with E-state index in [1.54, 1.807) is 0 Å². The summed E-state index contributed by atoms with van der Waals surface area (Å²) in [5, 5.41) is 13.2. The number of aliphatic hydroxyl groups is 1. The summed E-state index contributed by atoms with van der Waals surface area (Å²) in [4.78, 5) is 2.76. The summed E-state index contributed by atoms with van der Waals surface area (Å²) >= 11 is 0. The van der Waals surface area contributed by atoms with Gasteiger partial charge in [-0.3, -0.25) is 4.90 Å². The van der Waals surface area contributed by atoms with Crippen LogP contribution in [-0.4, -0.2) is 46.8 Å². The Kier molecular flexibility index (Phi) is 4.68. The summed E-state index contributed by atoms with van der Waals surface area (Å²) in [5.41, 5.74) is 0.0000180. The monoisotopic (exact) mass is 254 g/mol. The number of likely N-dealkylation sites (tertiary alicyclic amines) is 1. The van der Waals surface area contributed by atoms with Crippen molar-refractivity contribution in [1.29, 1.82) is 0 Å². The van der Waals surface area contributed by atoms with E-state index in [4.69, 9.17) is 0 Å². The third-order valence-corrected chi connectivity index (χ3v) is 5.18. The van der Waals surface area contributed by atoms with Gasteiger partial charge >= 0.3 is 0 Å². The largest absolute Gasteiger partial charge is 0.394 e. The predicted octanol–water partition coefficient (Wildman–Crippen LogP) is 2.14. The van der Waals surface area contributed by atoms with Crippen molar-refractivity contribution in [3.63, 3.8) is 0 Å². The molecule has 3 nitrogen and oxygen atoms in total. The van der Waals surface area contributed by atoms with E-state index < -0.39 is 0 Å². The fraction of sp³-hybridized carbons (Fsp3) is 1.00. The molecule has 0 aromatic rings. The average molecular weight is 254 g/mol. The van der Waals surface area contributed by atoms with Gasteiger partial charge in [-0.2, -0.15) is 0 Å². The van der Waals surface area contributed by atoms with Crippen molar-refractivity contribution in [2.24, 2.45) is 0 Å². The Labute approximate surface area is 112 Å². The van der Waals surface area contributed by atoms with E-state index in [1.165, 1.54) is 25.7 Å². The maximum atomic E-state index is 9.72. The van der Waals surface area contributed by atoms with Gasteiger partial charge < -0.3 is 10.4 Å². The van der Waals surface area contributed by atoms with Crippen LogP contribution in [0.3, 0.4) is 0 Å². The SMILES string of the molecule is CCNC1(CO)CCC(N2C(C)CCC2CC)C1. The van der Waals surface area contributed by atoms with Crippen LogP contribution < -0.4 is 5.32 Å². The van der Waals surface area contributed by atoms with Gasteiger partial charge in [-0.05, 0) is 52.0 Å². The Balaban J connectivity index is 2.02. The first kappa shape index (κ1) is 14.3. The molecule has 1 aliphatic heterocycles. The van der Waals surface area contributed by atoms with Crippen molar-refractivity contribution >= 4 is 0 Å². The van der Waals surface area contributed by atoms with E-state index in [1.807, 2.05) is 0 Å². The molecule has 1 aliphatic carbocycles. The molecule has 106 valence electrons. The maximum absolute atomic E-state index is 9.72. The standard InChI is InChI=1S/C15H30N2O/c1-4-13-7-6-12(3)17(13)14-8-9-15(10-14,11-18)16-5-2/h12-14,16,18H,4-11H2,1-3H3. The molecule has 0 spiro atoms. The zero-order valence-corrected chi connectivity index (χ0v) is 12.3. The summed E-state index contributed by atoms with van der Waals surface area (Å²) in [6.45, 7) is 8.07. The first-order chi connectivity index (χ1) is 8.65. The second-order valence-corrected chi connectivity index (χ2v) is 6.30. The molecule has 2 N–H and O–H groups in total. The van der Waals surface area contributed by atoms with Crippen LogP contribution >= 0.6 is 0 Å². The molecule has 18 heavy (non-hydrogen) atoms. The van der Waals surface area contributed by atoms with Gasteiger partial charge in [0.05, 0.1) is 6.61 Å². The molecule has 3 heteroatoms. The van der Waals surface area contributed by atoms with Gasteiger partial charge in [0.1, 0.15) is 0 Å². The van der Waals surface area contributed by atoms with Crippen molar-refractivity contribution in [2.75, 3.05) is 13.2 Å². The summed E-state index contributed by atoms with van der Waals surface area (Å²) in [5.74, 6) is 0. The molecule has 4 atom stereocenters. The quantitative estimate of drug-likeness (QED) is 0.789. The fourth-order valence-electron chi connectivity index (χ4n) is 4.25. The lowest BCUT2D eigenvalue weighted by atomic mass is 9.98. The summed E-state index contributed by atoms with van der Waals surface area (Å²) < 4.78 is 0. The minimum absolute atomic E-state index is 0.0000180. The van der Waals surface area contributed by atoms with E-state index in [0.29, 0.717) is 6.04 Å². The topological polar surface area (TPSA) is 35.5 Å². The van der Waals surface area contributed by atoms with E-state index in [2.05, 4.69) is 31.0 Å². The predicted molar refractivity (Wildman–Crippen MR) is 75.7 cm³/mol. The number of nitrogens with zero attached hydrogens (tertiary/aromatic N) is 1. The van der Waals surface area contributed by atoms with Gasteiger partial charge in [-0.15, -0.1) is 0 Å². The van der Waals surface area contributed by atoms with Crippen molar-refractivity contribution in [3.05, 3.63) is 0 Å². The molecule has 0 aromatic heterocycles. The van der Waals surface area contributed by atoms with E-state index in [0.717, 1.165) is 31.5 Å². The molecule has 2 rings (SSSR count). The molecule has 0 radical (unpaired) electrons. The highest BCUT2D eigenvalue weighted by molar-refractivity contribution is 5.02. The van der Waals surface area contributed by atoms with Crippen LogP contribution in [0.2, 0.25) is 0 Å². The zero-order valence-electron chi connectivity index (χ0n) is 12.3. The van der Waals surface area contributed by atoms with Crippen molar-refractivity contribution in [1.82, 2.24) is 10.2 Å². The Morgan fingerprint density at radius 2 is 2.06 bits per heavy atom. The summed E-state index contributed by atoms with van der Waals surface area (Å²) in [6, 6.07) is 2.19. The lowest BCUT2D eigenvalue weighted by Gasteiger charge is -2.35. The Morgan fingerprint density at radius 3 is 2.67 bits per heavy atom. The molecular weight excluding hydrogens is 224 g/mol. The highest BCUT2D eigenvalue weighted by Gasteiger charge is 2.44. The van der Waals surface area contributed by atoms with Crippen molar-refractivity contribution in [3.8, 4) is 0 Å². The van der Waals surface area contributed by atoms with Crippen molar-refractivity contribution in [2.45, 2.75) is 83.0 Å². The summed E-state index contributed by atoms with van der Waals surface area (Å²) in [7, 11) is 0. The normalized spacial score (nSPS) is 41.7. The first-order valence-electron chi connectivity index (χ1n) is 7.79. The number of hydrogen-bond donors (Lipinski definition) is 2. The van der Waals surface area contributed by atoms with Crippen LogP contribution in [0.25, 0.3) is 0 Å². The zero-order chi connectivity index (χ0) is 13.2. The molecule has 1 heterocycles. The van der Waals surface area contributed by atoms with Crippen molar-refractivity contribution < 1.29 is 5.11 Å². The van der Waals surface area contributed by atoms with Crippen LogP contribution in [0, 0.1) is 0 Å². The van der Waals surface area contributed by atoms with Gasteiger partial charge in [-0.1, -0.05) is 13.8 Å². The van der Waals surface area contributed by atoms with E-state index >= 15 is 0 Å². The molecule has 0 amide bonds. The third-order valence-electron chi connectivity index (χ3n) is 5.18. The number of hydrogen-bond acceptors (Lipinski definition) is 3. The summed E-state index contributed by atoms with van der Waals surface area (Å²) in [6.07, 6.45) is 7.48. The Hall–Kier alpha value is -0.120. The van der Waals surface area contributed by atoms with Crippen LogP contribution in [0.4, 0.5) is 0 Å². The first-order valence-corrected chi connectivity index (χ1v) is 7.79. The molecule has 4 unspecified atom stereocenters. The number of likely N-dealkylation sites (N-methyl/N-ethyl adjacent to an activating group) is 1. The number of rotatable bonds is 5. The fourth-order valence-corrected chi connectivity index (χ4v) is 4.25. The second-order valence-electron chi connectivity index (χ2n) is 6.30. The Bertz CT molecular complexity index is 271. The van der Waals surface area contributed by atoms with Crippen LogP contribution in [0.1, 0.15) is 59.3 Å². The minimum Gasteiger partial charge on any atom is -0.394 e. The molecule has 0 bridgehead atoms. The van der Waals surface area contributed by atoms with Crippen LogP contribution in [0.15, 0.2) is 0 Å². The molecule has 2 aliphatic rings. The minimum atomic E-state index is 0.0000180. The number of aliphatic hydroxyl groups excluding tert-OH is 1. The molecule has 2 fully saturated rings. The highest BCUT2D eigenvalue weighted by Crippen LogP contribution is 2.39. The molecular formula is C15H30N2O. The van der Waals surface area contributed by atoms with Gasteiger partial charge in [-0.25, -0.2) is 0 Å². The average Bonchev–Trinajstić information content (AvgIpc) is 2.94. The van der Waals surface area contributed by atoms with Gasteiger partial charge in [0.15, 0.2) is 0 Å². The maximum Gasteiger partial charge on any atom is 0.0613 e. The molecule has 1 saturated carbocycles. The lowest BCUT2D eigenvalue weighted by Crippen LogP contribution is -2.49. The van der Waals surface area contributed by atoms with Crippen LogP contribution in [-0.2, 0) is 0 Å². The molecule has 0 aromatic carbocycles. The molecule has 1 saturated heterocycles. The van der Waals surface area contributed by atoms with Gasteiger partial charge in [0.2, 0.25) is 0 Å². The lowest BCUT2D eigenvalue weighted by molar-refractivity contribution is 0.113. The van der Waals surface area contributed by atoms with E-state index in [-0.39, 0.29) is 12.1 Å². The van der Waals surface area contributed by atoms with E-state index in [9.17, 15) is 5.11 Å². The van der Waals surface area contributed by atoms with Gasteiger partial charge in [0, 0.05) is 23.7 Å². The van der Waals surface area contributed by atoms with Gasteiger partial charge in [0.25, 0.3) is 0 Å².